The third-order valence-corrected chi connectivity index (χ3v) is 1.80. The van der Waals surface area contributed by atoms with Crippen molar-refractivity contribution in [1.29, 1.82) is 0 Å². The molecule has 0 unspecified atom stereocenters. The van der Waals surface area contributed by atoms with Crippen molar-refractivity contribution in [1.82, 2.24) is 0 Å². The first-order valence-electron chi connectivity index (χ1n) is 1.53. The molecule has 0 rings (SSSR count). The quantitative estimate of drug-likeness (QED) is 0.246. The van der Waals surface area contributed by atoms with Gasteiger partial charge in [0.2, 0.25) is 0 Å². The molecule has 0 aliphatic heterocycles. The maximum atomic E-state index is 9.78. The standard InChI is InChI=1S/K.H2O8S2.H/c;1-7-10(5,6)8-9(2,3)4;/h;1H,(H,2,3,4);. The molecule has 0 atom stereocenters. The third kappa shape index (κ3) is 9.29. The molecule has 0 aliphatic carbocycles. The molecule has 0 radical (unpaired) electrons. The van der Waals surface area contributed by atoms with E-state index in [0.717, 1.165) is 0 Å². The van der Waals surface area contributed by atoms with Crippen LogP contribution >= 0.6 is 0 Å². The topological polar surface area (TPSA) is 127 Å². The minimum atomic E-state index is -5.17. The fourth-order valence-corrected chi connectivity index (χ4v) is 1.06. The Balaban J connectivity index is 0. The molecule has 0 spiro atoms. The van der Waals surface area contributed by atoms with Crippen LogP contribution in [0.1, 0.15) is 0 Å². The third-order valence-electron chi connectivity index (χ3n) is 0.261. The Morgan fingerprint density at radius 2 is 1.45 bits per heavy atom. The van der Waals surface area contributed by atoms with E-state index >= 15 is 0 Å². The Morgan fingerprint density at radius 1 is 1.09 bits per heavy atom. The van der Waals surface area contributed by atoms with Gasteiger partial charge in [-0.2, -0.15) is 16.8 Å². The van der Waals surface area contributed by atoms with Gasteiger partial charge in [0.1, 0.15) is 0 Å². The normalized spacial score (nSPS) is 12.2. The van der Waals surface area contributed by atoms with Crippen LogP contribution in [0.5, 0.6) is 0 Å². The van der Waals surface area contributed by atoms with Gasteiger partial charge in [0.15, 0.2) is 0 Å². The molecule has 8 nitrogen and oxygen atoms in total. The number of hydrogen-bond acceptors (Lipinski definition) is 7. The van der Waals surface area contributed by atoms with Gasteiger partial charge in [0.05, 0.1) is 0 Å². The SMILES string of the molecule is O=S(=O)(O)OS(=O)(=O)OO.[KH]. The summed E-state index contributed by atoms with van der Waals surface area (Å²) < 4.78 is 51.7. The fourth-order valence-electron chi connectivity index (χ4n) is 0.118. The summed E-state index contributed by atoms with van der Waals surface area (Å²) in [5.41, 5.74) is 0. The van der Waals surface area contributed by atoms with Gasteiger partial charge < -0.3 is 0 Å². The first-order chi connectivity index (χ1) is 4.27. The van der Waals surface area contributed by atoms with Crippen LogP contribution in [-0.4, -0.2) is 78.0 Å². The summed E-state index contributed by atoms with van der Waals surface area (Å²) in [6.45, 7) is 0. The van der Waals surface area contributed by atoms with E-state index in [1.165, 1.54) is 0 Å². The number of hydrogen-bond donors (Lipinski definition) is 2. The summed E-state index contributed by atoms with van der Waals surface area (Å²) in [5, 5.41) is 7.37. The van der Waals surface area contributed by atoms with Crippen molar-refractivity contribution in [3.63, 3.8) is 0 Å². The van der Waals surface area contributed by atoms with Gasteiger partial charge in [-0.3, -0.25) is 4.55 Å². The molecule has 0 aromatic rings. The Labute approximate surface area is 105 Å². The molecule has 0 bridgehead atoms. The van der Waals surface area contributed by atoms with Gasteiger partial charge in [0, 0.05) is 0 Å². The molecule has 0 aromatic heterocycles. The fraction of sp³-hybridized carbons (Fsp3) is 0. The summed E-state index contributed by atoms with van der Waals surface area (Å²) in [5.74, 6) is 0. The van der Waals surface area contributed by atoms with E-state index in [1.54, 1.807) is 0 Å². The van der Waals surface area contributed by atoms with Crippen molar-refractivity contribution in [2.24, 2.45) is 0 Å². The molecule has 0 saturated heterocycles. The van der Waals surface area contributed by atoms with Crippen molar-refractivity contribution in [2.75, 3.05) is 0 Å². The molecule has 2 N–H and O–H groups in total. The zero-order valence-electron chi connectivity index (χ0n) is 4.16. The van der Waals surface area contributed by atoms with Crippen LogP contribution in [0.4, 0.5) is 0 Å². The average molecular weight is 234 g/mol. The van der Waals surface area contributed by atoms with E-state index in [4.69, 9.17) is 9.81 Å². The molecule has 0 saturated carbocycles. The van der Waals surface area contributed by atoms with Gasteiger partial charge in [-0.15, -0.1) is 0 Å². The summed E-state index contributed by atoms with van der Waals surface area (Å²) in [6.07, 6.45) is 0. The van der Waals surface area contributed by atoms with E-state index in [1.807, 2.05) is 0 Å². The van der Waals surface area contributed by atoms with Crippen LogP contribution in [0.2, 0.25) is 0 Å². The predicted octanol–water partition coefficient (Wildman–Crippen LogP) is -2.11. The number of rotatable bonds is 3. The van der Waals surface area contributed by atoms with E-state index in [-0.39, 0.29) is 51.4 Å². The molecule has 0 heterocycles. The Bertz CT molecular complexity index is 280. The van der Waals surface area contributed by atoms with Crippen LogP contribution in [0.15, 0.2) is 0 Å². The van der Waals surface area contributed by atoms with Crippen LogP contribution in [0.25, 0.3) is 0 Å². The average Bonchev–Trinajstić information content (AvgIpc) is 1.60. The minimum absolute atomic E-state index is 0. The van der Waals surface area contributed by atoms with Crippen molar-refractivity contribution in [2.45, 2.75) is 0 Å². The molecular weight excluding hydrogens is 231 g/mol. The Hall–Kier alpha value is 1.38. The first-order valence-corrected chi connectivity index (χ1v) is 4.23. The molecular formula is H3KO8S2. The molecule has 11 heavy (non-hydrogen) atoms. The maximum absolute atomic E-state index is 9.78. The van der Waals surface area contributed by atoms with Gasteiger partial charge in [-0.1, -0.05) is 7.96 Å². The molecule has 0 amide bonds. The summed E-state index contributed by atoms with van der Waals surface area (Å²) in [7, 11) is -10.2. The van der Waals surface area contributed by atoms with Crippen molar-refractivity contribution in [3.05, 3.63) is 0 Å². The van der Waals surface area contributed by atoms with E-state index < -0.39 is 20.8 Å². The summed E-state index contributed by atoms with van der Waals surface area (Å²) in [4.78, 5) is 0. The van der Waals surface area contributed by atoms with E-state index in [2.05, 4.69) is 7.96 Å². The second kappa shape index (κ2) is 5.18. The first kappa shape index (κ1) is 14.9. The summed E-state index contributed by atoms with van der Waals surface area (Å²) in [6, 6.07) is 0. The van der Waals surface area contributed by atoms with E-state index in [9.17, 15) is 16.8 Å². The molecule has 0 aliphatic rings. The Morgan fingerprint density at radius 3 is 1.55 bits per heavy atom. The second-order valence-corrected chi connectivity index (χ2v) is 3.34. The zero-order chi connectivity index (χ0) is 8.41. The van der Waals surface area contributed by atoms with E-state index in [0.29, 0.717) is 0 Å². The van der Waals surface area contributed by atoms with Crippen molar-refractivity contribution in [3.8, 4) is 0 Å². The van der Waals surface area contributed by atoms with Crippen LogP contribution in [0, 0.1) is 0 Å². The molecule has 0 fully saturated rings. The van der Waals surface area contributed by atoms with Crippen molar-refractivity contribution < 1.29 is 34.6 Å². The van der Waals surface area contributed by atoms with Gasteiger partial charge >= 0.3 is 72.2 Å². The molecule has 64 valence electrons. The van der Waals surface area contributed by atoms with Gasteiger partial charge in [0.25, 0.3) is 0 Å². The molecule has 0 aromatic carbocycles. The Kier molecular flexibility index (Phi) is 7.01. The van der Waals surface area contributed by atoms with Gasteiger partial charge in [-0.05, 0) is 0 Å². The van der Waals surface area contributed by atoms with Crippen molar-refractivity contribution >= 4 is 72.2 Å². The van der Waals surface area contributed by atoms with Crippen LogP contribution in [-0.2, 0) is 28.8 Å². The second-order valence-electron chi connectivity index (χ2n) is 0.979. The van der Waals surface area contributed by atoms with Crippen LogP contribution in [0.3, 0.4) is 0 Å². The van der Waals surface area contributed by atoms with Gasteiger partial charge in [-0.25, -0.2) is 5.26 Å². The van der Waals surface area contributed by atoms with Crippen LogP contribution < -0.4 is 0 Å². The predicted molar refractivity (Wildman–Crippen MR) is 32.4 cm³/mol. The monoisotopic (exact) mass is 234 g/mol. The summed E-state index contributed by atoms with van der Waals surface area (Å²) >= 11 is 0. The molecule has 11 heteroatoms. The zero-order valence-corrected chi connectivity index (χ0v) is 5.79.